The summed E-state index contributed by atoms with van der Waals surface area (Å²) in [7, 11) is 1.92. The van der Waals surface area contributed by atoms with Crippen molar-refractivity contribution in [3.05, 3.63) is 59.7 Å². The van der Waals surface area contributed by atoms with Crippen molar-refractivity contribution in [2.24, 2.45) is 7.05 Å². The number of aromatic nitrogens is 3. The van der Waals surface area contributed by atoms with Crippen molar-refractivity contribution in [3.8, 4) is 0 Å². The van der Waals surface area contributed by atoms with Gasteiger partial charge in [-0.1, -0.05) is 12.1 Å². The lowest BCUT2D eigenvalue weighted by molar-refractivity contribution is 0.0315. The molecule has 0 fully saturated rings. The van der Waals surface area contributed by atoms with Gasteiger partial charge in [-0.15, -0.1) is 0 Å². The summed E-state index contributed by atoms with van der Waals surface area (Å²) in [5.41, 5.74) is 3.20. The number of imidazole rings is 1. The Kier molecular flexibility index (Phi) is 3.63. The van der Waals surface area contributed by atoms with Gasteiger partial charge in [0.15, 0.2) is 11.9 Å². The highest BCUT2D eigenvalue weighted by Crippen LogP contribution is 2.22. The molecular formula is C17H17N3O2. The summed E-state index contributed by atoms with van der Waals surface area (Å²) in [5.74, 6) is 0.321. The first-order valence-corrected chi connectivity index (χ1v) is 7.11. The molecule has 22 heavy (non-hydrogen) atoms. The predicted octanol–water partition coefficient (Wildman–Crippen LogP) is 3.19. The van der Waals surface area contributed by atoms with E-state index in [2.05, 4.69) is 9.97 Å². The van der Waals surface area contributed by atoms with Crippen LogP contribution >= 0.6 is 0 Å². The number of fused-ring (bicyclic) bond motifs is 1. The highest BCUT2D eigenvalue weighted by molar-refractivity contribution is 5.89. The van der Waals surface area contributed by atoms with Crippen LogP contribution in [-0.2, 0) is 11.8 Å². The SMILES string of the molecule is Cc1ccc(C(=O)O[C@@H](C)c2nc3ccccc3n2C)cn1. The zero-order valence-electron chi connectivity index (χ0n) is 12.8. The van der Waals surface area contributed by atoms with Gasteiger partial charge in [-0.2, -0.15) is 0 Å². The van der Waals surface area contributed by atoms with Crippen LogP contribution in [0.3, 0.4) is 0 Å². The molecule has 5 heteroatoms. The van der Waals surface area contributed by atoms with Gasteiger partial charge in [0.1, 0.15) is 0 Å². The molecule has 3 rings (SSSR count). The summed E-state index contributed by atoms with van der Waals surface area (Å²) >= 11 is 0. The minimum Gasteiger partial charge on any atom is -0.451 e. The molecule has 2 aromatic heterocycles. The smallest absolute Gasteiger partial charge is 0.340 e. The summed E-state index contributed by atoms with van der Waals surface area (Å²) in [6, 6.07) is 11.3. The molecule has 0 radical (unpaired) electrons. The number of nitrogens with zero attached hydrogens (tertiary/aromatic N) is 3. The summed E-state index contributed by atoms with van der Waals surface area (Å²) in [6.45, 7) is 3.69. The molecule has 0 saturated heterocycles. The number of ether oxygens (including phenoxy) is 1. The normalized spacial score (nSPS) is 12.3. The molecule has 0 saturated carbocycles. The quantitative estimate of drug-likeness (QED) is 0.696. The van der Waals surface area contributed by atoms with Crippen LogP contribution in [0, 0.1) is 6.92 Å². The fourth-order valence-electron chi connectivity index (χ4n) is 2.40. The molecule has 1 aromatic carbocycles. The summed E-state index contributed by atoms with van der Waals surface area (Å²) in [5, 5.41) is 0. The van der Waals surface area contributed by atoms with Crippen molar-refractivity contribution in [2.45, 2.75) is 20.0 Å². The maximum atomic E-state index is 12.2. The van der Waals surface area contributed by atoms with Gasteiger partial charge in [0.2, 0.25) is 0 Å². The number of aryl methyl sites for hydroxylation is 2. The van der Waals surface area contributed by atoms with Crippen LogP contribution in [0.4, 0.5) is 0 Å². The lowest BCUT2D eigenvalue weighted by Gasteiger charge is -2.13. The molecule has 0 aliphatic carbocycles. The Bertz CT molecular complexity index is 822. The number of carbonyl (C=O) groups is 1. The Labute approximate surface area is 128 Å². The number of pyridine rings is 1. The van der Waals surface area contributed by atoms with Crippen LogP contribution < -0.4 is 0 Å². The zero-order valence-corrected chi connectivity index (χ0v) is 12.8. The average Bonchev–Trinajstić information content (AvgIpc) is 2.85. The van der Waals surface area contributed by atoms with E-state index in [0.717, 1.165) is 22.6 Å². The Morgan fingerprint density at radius 3 is 2.68 bits per heavy atom. The second-order valence-electron chi connectivity index (χ2n) is 5.25. The lowest BCUT2D eigenvalue weighted by atomic mass is 10.2. The van der Waals surface area contributed by atoms with Crippen LogP contribution in [0.25, 0.3) is 11.0 Å². The van der Waals surface area contributed by atoms with Crippen molar-refractivity contribution in [2.75, 3.05) is 0 Å². The number of benzene rings is 1. The van der Waals surface area contributed by atoms with E-state index < -0.39 is 12.1 Å². The molecule has 0 bridgehead atoms. The minimum absolute atomic E-state index is 0.396. The first kappa shape index (κ1) is 14.3. The molecule has 0 N–H and O–H groups in total. The van der Waals surface area contributed by atoms with Crippen molar-refractivity contribution in [3.63, 3.8) is 0 Å². The Morgan fingerprint density at radius 2 is 2.00 bits per heavy atom. The standard InChI is InChI=1S/C17H17N3O2/c1-11-8-9-13(10-18-11)17(21)22-12(2)16-19-14-6-4-5-7-15(14)20(16)3/h4-10,12H,1-3H3/t12-/m0/s1. The van der Waals surface area contributed by atoms with E-state index in [-0.39, 0.29) is 0 Å². The van der Waals surface area contributed by atoms with Crippen LogP contribution in [0.2, 0.25) is 0 Å². The molecule has 0 unspecified atom stereocenters. The Hall–Kier alpha value is -2.69. The number of esters is 1. The highest BCUT2D eigenvalue weighted by Gasteiger charge is 2.19. The molecular weight excluding hydrogens is 278 g/mol. The van der Waals surface area contributed by atoms with Crippen LogP contribution in [0.15, 0.2) is 42.6 Å². The molecule has 0 aliphatic rings. The van der Waals surface area contributed by atoms with E-state index in [1.54, 1.807) is 12.1 Å². The molecule has 0 spiro atoms. The zero-order chi connectivity index (χ0) is 15.7. The van der Waals surface area contributed by atoms with Gasteiger partial charge in [0.25, 0.3) is 0 Å². The molecule has 0 aliphatic heterocycles. The van der Waals surface area contributed by atoms with Gasteiger partial charge in [0, 0.05) is 18.9 Å². The molecule has 112 valence electrons. The second kappa shape index (κ2) is 5.60. The molecule has 3 aromatic rings. The van der Waals surface area contributed by atoms with Crippen LogP contribution in [0.1, 0.15) is 34.9 Å². The van der Waals surface area contributed by atoms with Crippen molar-refractivity contribution >= 4 is 17.0 Å². The number of rotatable bonds is 3. The first-order valence-electron chi connectivity index (χ1n) is 7.11. The Balaban J connectivity index is 1.83. The topological polar surface area (TPSA) is 57.0 Å². The molecule has 5 nitrogen and oxygen atoms in total. The van der Waals surface area contributed by atoms with Gasteiger partial charge in [-0.25, -0.2) is 9.78 Å². The fraction of sp³-hybridized carbons (Fsp3) is 0.235. The largest absolute Gasteiger partial charge is 0.451 e. The van der Waals surface area contributed by atoms with E-state index in [1.807, 2.05) is 49.7 Å². The van der Waals surface area contributed by atoms with Crippen LogP contribution in [-0.4, -0.2) is 20.5 Å². The fourth-order valence-corrected chi connectivity index (χ4v) is 2.40. The first-order chi connectivity index (χ1) is 10.6. The third-order valence-electron chi connectivity index (χ3n) is 3.62. The third kappa shape index (κ3) is 2.57. The van der Waals surface area contributed by atoms with Gasteiger partial charge >= 0.3 is 5.97 Å². The van der Waals surface area contributed by atoms with Crippen LogP contribution in [0.5, 0.6) is 0 Å². The summed E-state index contributed by atoms with van der Waals surface area (Å²) in [4.78, 5) is 20.8. The lowest BCUT2D eigenvalue weighted by Crippen LogP contribution is -2.13. The summed E-state index contributed by atoms with van der Waals surface area (Å²) in [6.07, 6.45) is 1.09. The third-order valence-corrected chi connectivity index (χ3v) is 3.62. The maximum Gasteiger partial charge on any atom is 0.340 e. The van der Waals surface area contributed by atoms with E-state index in [1.165, 1.54) is 6.20 Å². The number of carbonyl (C=O) groups excluding carboxylic acids is 1. The average molecular weight is 295 g/mol. The van der Waals surface area contributed by atoms with Gasteiger partial charge in [-0.3, -0.25) is 4.98 Å². The van der Waals surface area contributed by atoms with E-state index in [0.29, 0.717) is 5.56 Å². The summed E-state index contributed by atoms with van der Waals surface area (Å²) < 4.78 is 7.46. The number of para-hydroxylation sites is 2. The Morgan fingerprint density at radius 1 is 1.23 bits per heavy atom. The highest BCUT2D eigenvalue weighted by atomic mass is 16.5. The van der Waals surface area contributed by atoms with Gasteiger partial charge in [-0.05, 0) is 38.1 Å². The van der Waals surface area contributed by atoms with E-state index >= 15 is 0 Å². The van der Waals surface area contributed by atoms with Gasteiger partial charge in [0.05, 0.1) is 16.6 Å². The maximum absolute atomic E-state index is 12.2. The second-order valence-corrected chi connectivity index (χ2v) is 5.25. The van der Waals surface area contributed by atoms with E-state index in [4.69, 9.17) is 4.74 Å². The van der Waals surface area contributed by atoms with Gasteiger partial charge < -0.3 is 9.30 Å². The minimum atomic E-state index is -0.439. The molecule has 0 amide bonds. The molecule has 1 atom stereocenters. The van der Waals surface area contributed by atoms with E-state index in [9.17, 15) is 4.79 Å². The predicted molar refractivity (Wildman–Crippen MR) is 83.5 cm³/mol. The monoisotopic (exact) mass is 295 g/mol. The van der Waals surface area contributed by atoms with Crippen molar-refractivity contribution in [1.29, 1.82) is 0 Å². The van der Waals surface area contributed by atoms with Crippen molar-refractivity contribution in [1.82, 2.24) is 14.5 Å². The molecule has 2 heterocycles. The number of hydrogen-bond acceptors (Lipinski definition) is 4. The number of hydrogen-bond donors (Lipinski definition) is 0. The van der Waals surface area contributed by atoms with Crippen molar-refractivity contribution < 1.29 is 9.53 Å².